The molecule has 4 nitrogen and oxygen atoms in total. The zero-order valence-corrected chi connectivity index (χ0v) is 15.5. The molecule has 154 valence electrons. The number of fused-ring (bicyclic) bond motifs is 1. The van der Waals surface area contributed by atoms with Gasteiger partial charge in [0.2, 0.25) is 5.95 Å². The molecule has 0 bridgehead atoms. The van der Waals surface area contributed by atoms with Crippen LogP contribution >= 0.6 is 0 Å². The summed E-state index contributed by atoms with van der Waals surface area (Å²) in [5.41, 5.74) is 6.42. The van der Waals surface area contributed by atoms with E-state index in [1.807, 2.05) is 0 Å². The lowest BCUT2D eigenvalue weighted by atomic mass is 10.0. The zero-order chi connectivity index (χ0) is 20.9. The number of aromatic nitrogens is 2. The summed E-state index contributed by atoms with van der Waals surface area (Å²) in [7, 11) is 0. The summed E-state index contributed by atoms with van der Waals surface area (Å²) >= 11 is 0. The second-order valence-electron chi connectivity index (χ2n) is 7.29. The molecule has 0 amide bonds. The van der Waals surface area contributed by atoms with Crippen LogP contribution in [0.5, 0.6) is 0 Å². The van der Waals surface area contributed by atoms with Gasteiger partial charge in [0.1, 0.15) is 17.8 Å². The van der Waals surface area contributed by atoms with Crippen molar-refractivity contribution in [2.75, 3.05) is 18.0 Å². The summed E-state index contributed by atoms with van der Waals surface area (Å²) in [6.45, 7) is 2.08. The van der Waals surface area contributed by atoms with E-state index in [-0.39, 0.29) is 29.6 Å². The number of imidazole rings is 1. The molecule has 4 rings (SSSR count). The Kier molecular flexibility index (Phi) is 4.94. The van der Waals surface area contributed by atoms with Gasteiger partial charge >= 0.3 is 0 Å². The van der Waals surface area contributed by atoms with E-state index in [9.17, 15) is 22.0 Å². The van der Waals surface area contributed by atoms with Gasteiger partial charge in [-0.25, -0.2) is 26.9 Å². The third kappa shape index (κ3) is 3.43. The smallest absolute Gasteiger partial charge is 0.207 e. The first-order valence-electron chi connectivity index (χ1n) is 9.22. The molecule has 0 radical (unpaired) electrons. The van der Waals surface area contributed by atoms with Crippen LogP contribution in [-0.2, 0) is 0 Å². The third-order valence-electron chi connectivity index (χ3n) is 5.37. The number of nitrogens with zero attached hydrogens (tertiary/aromatic N) is 3. The number of benzene rings is 2. The fourth-order valence-electron chi connectivity index (χ4n) is 3.80. The van der Waals surface area contributed by atoms with E-state index in [2.05, 4.69) is 4.98 Å². The summed E-state index contributed by atoms with van der Waals surface area (Å²) in [4.78, 5) is 6.12. The lowest BCUT2D eigenvalue weighted by Crippen LogP contribution is -2.50. The van der Waals surface area contributed by atoms with Gasteiger partial charge in [-0.1, -0.05) is 6.07 Å². The fraction of sp³-hybridized carbons (Fsp3) is 0.350. The Hall–Kier alpha value is -2.68. The Bertz CT molecular complexity index is 1070. The average molecular weight is 410 g/mol. The molecule has 1 aliphatic heterocycles. The van der Waals surface area contributed by atoms with Crippen molar-refractivity contribution in [3.63, 3.8) is 0 Å². The predicted molar refractivity (Wildman–Crippen MR) is 99.5 cm³/mol. The van der Waals surface area contributed by atoms with E-state index in [0.717, 1.165) is 24.3 Å². The van der Waals surface area contributed by atoms with Gasteiger partial charge in [0.25, 0.3) is 0 Å². The van der Waals surface area contributed by atoms with Crippen LogP contribution in [0, 0.1) is 23.3 Å². The predicted octanol–water partition coefficient (Wildman–Crippen LogP) is 4.08. The Morgan fingerprint density at radius 3 is 2.48 bits per heavy atom. The van der Waals surface area contributed by atoms with Crippen molar-refractivity contribution in [2.45, 2.75) is 31.6 Å². The van der Waals surface area contributed by atoms with Gasteiger partial charge in [-0.05, 0) is 19.4 Å². The maximum Gasteiger partial charge on any atom is 0.207 e. The minimum absolute atomic E-state index is 0.147. The van der Waals surface area contributed by atoms with Crippen molar-refractivity contribution >= 4 is 17.0 Å². The molecular weight excluding hydrogens is 391 g/mol. The van der Waals surface area contributed by atoms with E-state index < -0.39 is 41.5 Å². The van der Waals surface area contributed by atoms with Gasteiger partial charge in [-0.3, -0.25) is 0 Å². The molecule has 0 aliphatic carbocycles. The number of piperidine rings is 1. The van der Waals surface area contributed by atoms with Crippen LogP contribution in [-0.4, -0.2) is 34.9 Å². The maximum absolute atomic E-state index is 14.4. The molecule has 0 unspecified atom stereocenters. The monoisotopic (exact) mass is 410 g/mol. The van der Waals surface area contributed by atoms with Crippen LogP contribution in [0.2, 0.25) is 0 Å². The molecule has 1 aromatic heterocycles. The highest BCUT2D eigenvalue weighted by molar-refractivity contribution is 5.79. The lowest BCUT2D eigenvalue weighted by molar-refractivity contribution is 0.243. The van der Waals surface area contributed by atoms with Crippen molar-refractivity contribution in [3.8, 4) is 0 Å². The van der Waals surface area contributed by atoms with Gasteiger partial charge in [-0.15, -0.1) is 0 Å². The van der Waals surface area contributed by atoms with Crippen molar-refractivity contribution in [2.24, 2.45) is 5.73 Å². The van der Waals surface area contributed by atoms with Crippen molar-refractivity contribution in [3.05, 3.63) is 59.2 Å². The first-order chi connectivity index (χ1) is 13.8. The van der Waals surface area contributed by atoms with Gasteiger partial charge in [-0.2, -0.15) is 0 Å². The van der Waals surface area contributed by atoms with Gasteiger partial charge in [0.15, 0.2) is 11.6 Å². The highest BCUT2D eigenvalue weighted by Gasteiger charge is 2.31. The van der Waals surface area contributed by atoms with E-state index in [1.165, 1.54) is 6.07 Å². The molecule has 1 aliphatic rings. The molecule has 0 saturated carbocycles. The molecule has 2 heterocycles. The Labute approximate surface area is 163 Å². The third-order valence-corrected chi connectivity index (χ3v) is 5.37. The molecular formula is C20H19F5N4. The van der Waals surface area contributed by atoms with Crippen LogP contribution in [0.15, 0.2) is 30.3 Å². The molecule has 1 saturated heterocycles. The molecule has 2 aromatic carbocycles. The van der Waals surface area contributed by atoms with Crippen molar-refractivity contribution in [1.29, 1.82) is 0 Å². The van der Waals surface area contributed by atoms with E-state index in [1.54, 1.807) is 16.4 Å². The first kappa shape index (κ1) is 19.6. The largest absolute Gasteiger partial charge is 0.340 e. The number of rotatable bonds is 3. The molecule has 3 aromatic rings. The van der Waals surface area contributed by atoms with E-state index >= 15 is 0 Å². The minimum atomic E-state index is -1.16. The first-order valence-corrected chi connectivity index (χ1v) is 9.22. The number of anilines is 1. The lowest BCUT2D eigenvalue weighted by Gasteiger charge is -2.35. The topological polar surface area (TPSA) is 47.1 Å². The second kappa shape index (κ2) is 7.29. The molecule has 3 atom stereocenters. The molecule has 0 spiro atoms. The van der Waals surface area contributed by atoms with Crippen molar-refractivity contribution < 1.29 is 22.0 Å². The summed E-state index contributed by atoms with van der Waals surface area (Å²) in [6, 6.07) is 3.66. The number of hydrogen-bond acceptors (Lipinski definition) is 3. The summed E-state index contributed by atoms with van der Waals surface area (Å²) in [5, 5.41) is 0. The van der Waals surface area contributed by atoms with Gasteiger partial charge in [0, 0.05) is 36.9 Å². The van der Waals surface area contributed by atoms with Crippen LogP contribution < -0.4 is 10.6 Å². The Morgan fingerprint density at radius 1 is 1.07 bits per heavy atom. The number of alkyl halides is 1. The standard InChI is InChI=1S/C20H19F5N4/c1-10(12-3-2-11(21)6-14(12)23)29-19-8-16(25)15(24)7-18(19)27-20(29)28-5-4-13(22)17(26)9-28/h2-3,6-8,10,13,17H,4-5,9,26H2,1H3/t10-,13+,17+/m0/s1. The molecule has 2 N–H and O–H groups in total. The summed E-state index contributed by atoms with van der Waals surface area (Å²) < 4.78 is 70.9. The zero-order valence-electron chi connectivity index (χ0n) is 15.5. The summed E-state index contributed by atoms with van der Waals surface area (Å²) in [5.74, 6) is -3.33. The highest BCUT2D eigenvalue weighted by Crippen LogP contribution is 2.34. The number of nitrogens with two attached hydrogens (primary N) is 1. The van der Waals surface area contributed by atoms with Crippen molar-refractivity contribution in [1.82, 2.24) is 9.55 Å². The number of halogens is 5. The maximum atomic E-state index is 14.4. The van der Waals surface area contributed by atoms with Crippen LogP contribution in [0.1, 0.15) is 24.9 Å². The molecule has 29 heavy (non-hydrogen) atoms. The Morgan fingerprint density at radius 2 is 1.79 bits per heavy atom. The fourth-order valence-corrected chi connectivity index (χ4v) is 3.80. The average Bonchev–Trinajstić information content (AvgIpc) is 3.02. The number of hydrogen-bond donors (Lipinski definition) is 1. The van der Waals surface area contributed by atoms with E-state index in [0.29, 0.717) is 12.5 Å². The van der Waals surface area contributed by atoms with Crippen LogP contribution in [0.4, 0.5) is 27.9 Å². The quantitative estimate of drug-likeness (QED) is 0.662. The van der Waals surface area contributed by atoms with Crippen LogP contribution in [0.3, 0.4) is 0 Å². The van der Waals surface area contributed by atoms with Gasteiger partial charge in [0.05, 0.1) is 23.1 Å². The SMILES string of the molecule is C[C@@H](c1ccc(F)cc1F)n1c(N2CC[C@@H](F)[C@H](N)C2)nc2cc(F)c(F)cc21. The highest BCUT2D eigenvalue weighted by atomic mass is 19.2. The molecule has 9 heteroatoms. The second-order valence-corrected chi connectivity index (χ2v) is 7.29. The van der Waals surface area contributed by atoms with E-state index in [4.69, 9.17) is 5.73 Å². The normalized spacial score (nSPS) is 21.0. The minimum Gasteiger partial charge on any atom is -0.340 e. The Balaban J connectivity index is 1.89. The van der Waals surface area contributed by atoms with Crippen LogP contribution in [0.25, 0.3) is 11.0 Å². The van der Waals surface area contributed by atoms with Gasteiger partial charge < -0.3 is 15.2 Å². The summed E-state index contributed by atoms with van der Waals surface area (Å²) in [6.07, 6.45) is -0.988. The molecule has 1 fully saturated rings.